The third kappa shape index (κ3) is 5.48. The van der Waals surface area contributed by atoms with Gasteiger partial charge in [0.05, 0.1) is 12.2 Å². The molecule has 1 aromatic rings. The topological polar surface area (TPSA) is 42.0 Å². The van der Waals surface area contributed by atoms with Gasteiger partial charge in [-0.3, -0.25) is 9.78 Å². The quantitative estimate of drug-likeness (QED) is 0.737. The van der Waals surface area contributed by atoms with Gasteiger partial charge in [-0.05, 0) is 18.6 Å². The molecule has 1 amide bonds. The highest BCUT2D eigenvalue weighted by atomic mass is 16.1. The Morgan fingerprint density at radius 3 is 2.88 bits per heavy atom. The van der Waals surface area contributed by atoms with E-state index in [-0.39, 0.29) is 11.8 Å². The molecule has 3 nitrogen and oxygen atoms in total. The summed E-state index contributed by atoms with van der Waals surface area (Å²) in [6, 6.07) is 5.72. The van der Waals surface area contributed by atoms with Crippen LogP contribution < -0.4 is 5.32 Å². The number of hydrogen-bond acceptors (Lipinski definition) is 2. The Labute approximate surface area is 104 Å². The van der Waals surface area contributed by atoms with E-state index in [1.807, 2.05) is 25.1 Å². The summed E-state index contributed by atoms with van der Waals surface area (Å²) in [7, 11) is 0. The van der Waals surface area contributed by atoms with Crippen molar-refractivity contribution in [2.75, 3.05) is 0 Å². The molecule has 0 bridgehead atoms. The molecule has 17 heavy (non-hydrogen) atoms. The molecule has 94 valence electrons. The molecule has 0 saturated heterocycles. The van der Waals surface area contributed by atoms with Crippen molar-refractivity contribution >= 4 is 5.91 Å². The van der Waals surface area contributed by atoms with Gasteiger partial charge in [0.2, 0.25) is 5.91 Å². The van der Waals surface area contributed by atoms with Crippen molar-refractivity contribution in [2.45, 2.75) is 46.1 Å². The second kappa shape index (κ2) is 7.82. The van der Waals surface area contributed by atoms with E-state index in [1.165, 1.54) is 12.8 Å². The van der Waals surface area contributed by atoms with Gasteiger partial charge in [0.15, 0.2) is 0 Å². The second-order valence-electron chi connectivity index (χ2n) is 4.44. The number of amides is 1. The van der Waals surface area contributed by atoms with Crippen LogP contribution in [0.1, 0.15) is 45.2 Å². The standard InChI is InChI=1S/C14H22N2O/c1-3-4-5-8-12(2)14(17)16-11-13-9-6-7-10-15-13/h6-7,9-10,12H,3-5,8,11H2,1-2H3,(H,16,17). The summed E-state index contributed by atoms with van der Waals surface area (Å²) >= 11 is 0. The van der Waals surface area contributed by atoms with Crippen LogP contribution >= 0.6 is 0 Å². The third-order valence-corrected chi connectivity index (χ3v) is 2.86. The number of carbonyl (C=O) groups is 1. The van der Waals surface area contributed by atoms with Gasteiger partial charge >= 0.3 is 0 Å². The Kier molecular flexibility index (Phi) is 6.30. The average molecular weight is 234 g/mol. The zero-order valence-electron chi connectivity index (χ0n) is 10.8. The zero-order chi connectivity index (χ0) is 12.5. The van der Waals surface area contributed by atoms with Gasteiger partial charge in [0.1, 0.15) is 0 Å². The van der Waals surface area contributed by atoms with Gasteiger partial charge in [0, 0.05) is 12.1 Å². The molecule has 0 aliphatic rings. The number of nitrogens with one attached hydrogen (secondary N) is 1. The highest BCUT2D eigenvalue weighted by Crippen LogP contribution is 2.09. The van der Waals surface area contributed by atoms with Crippen molar-refractivity contribution in [3.63, 3.8) is 0 Å². The molecule has 1 aromatic heterocycles. The molecule has 0 saturated carbocycles. The molecule has 0 radical (unpaired) electrons. The number of pyridine rings is 1. The van der Waals surface area contributed by atoms with Crippen molar-refractivity contribution in [2.24, 2.45) is 5.92 Å². The summed E-state index contributed by atoms with van der Waals surface area (Å²) in [5, 5.41) is 2.92. The van der Waals surface area contributed by atoms with Crippen LogP contribution in [0.15, 0.2) is 24.4 Å². The fraction of sp³-hybridized carbons (Fsp3) is 0.571. The summed E-state index contributed by atoms with van der Waals surface area (Å²) in [5.41, 5.74) is 0.904. The summed E-state index contributed by atoms with van der Waals surface area (Å²) < 4.78 is 0. The molecule has 1 atom stereocenters. The molecule has 1 unspecified atom stereocenters. The smallest absolute Gasteiger partial charge is 0.223 e. The van der Waals surface area contributed by atoms with E-state index in [4.69, 9.17) is 0 Å². The van der Waals surface area contributed by atoms with Crippen molar-refractivity contribution in [1.29, 1.82) is 0 Å². The maximum atomic E-state index is 11.8. The van der Waals surface area contributed by atoms with Crippen LogP contribution in [0.4, 0.5) is 0 Å². The highest BCUT2D eigenvalue weighted by Gasteiger charge is 2.11. The molecular weight excluding hydrogens is 212 g/mol. The van der Waals surface area contributed by atoms with Crippen LogP contribution in [0.3, 0.4) is 0 Å². The van der Waals surface area contributed by atoms with Gasteiger partial charge in [-0.2, -0.15) is 0 Å². The number of nitrogens with zero attached hydrogens (tertiary/aromatic N) is 1. The van der Waals surface area contributed by atoms with Crippen LogP contribution in [0.25, 0.3) is 0 Å². The largest absolute Gasteiger partial charge is 0.350 e. The predicted octanol–water partition coefficient (Wildman–Crippen LogP) is 2.91. The SMILES string of the molecule is CCCCCC(C)C(=O)NCc1ccccn1. The van der Waals surface area contributed by atoms with E-state index in [0.29, 0.717) is 6.54 Å². The first-order valence-electron chi connectivity index (χ1n) is 6.41. The van der Waals surface area contributed by atoms with Crippen molar-refractivity contribution in [3.8, 4) is 0 Å². The Bertz CT molecular complexity index is 324. The molecule has 0 aliphatic carbocycles. The van der Waals surface area contributed by atoms with Gasteiger partial charge in [-0.1, -0.05) is 39.2 Å². The Hall–Kier alpha value is -1.38. The van der Waals surface area contributed by atoms with Crippen LogP contribution in [0, 0.1) is 5.92 Å². The van der Waals surface area contributed by atoms with E-state index in [9.17, 15) is 4.79 Å². The Morgan fingerprint density at radius 1 is 1.41 bits per heavy atom. The maximum Gasteiger partial charge on any atom is 0.223 e. The van der Waals surface area contributed by atoms with Gasteiger partial charge in [-0.25, -0.2) is 0 Å². The molecule has 0 fully saturated rings. The first-order chi connectivity index (χ1) is 8.24. The molecule has 0 spiro atoms. The minimum atomic E-state index is 0.102. The van der Waals surface area contributed by atoms with E-state index in [2.05, 4.69) is 17.2 Å². The maximum absolute atomic E-state index is 11.8. The first-order valence-corrected chi connectivity index (χ1v) is 6.41. The number of carbonyl (C=O) groups excluding carboxylic acids is 1. The lowest BCUT2D eigenvalue weighted by atomic mass is 10.0. The number of rotatable bonds is 7. The van der Waals surface area contributed by atoms with E-state index < -0.39 is 0 Å². The molecule has 1 rings (SSSR count). The van der Waals surface area contributed by atoms with E-state index in [0.717, 1.165) is 18.5 Å². The molecule has 1 N–H and O–H groups in total. The summed E-state index contributed by atoms with van der Waals surface area (Å²) in [5.74, 6) is 0.233. The average Bonchev–Trinajstić information content (AvgIpc) is 2.37. The minimum Gasteiger partial charge on any atom is -0.350 e. The van der Waals surface area contributed by atoms with Crippen LogP contribution in [-0.4, -0.2) is 10.9 Å². The van der Waals surface area contributed by atoms with Gasteiger partial charge in [0.25, 0.3) is 0 Å². The lowest BCUT2D eigenvalue weighted by molar-refractivity contribution is -0.124. The fourth-order valence-corrected chi connectivity index (χ4v) is 1.69. The monoisotopic (exact) mass is 234 g/mol. The van der Waals surface area contributed by atoms with Crippen molar-refractivity contribution < 1.29 is 4.79 Å². The third-order valence-electron chi connectivity index (χ3n) is 2.86. The second-order valence-corrected chi connectivity index (χ2v) is 4.44. The lowest BCUT2D eigenvalue weighted by Gasteiger charge is -2.11. The first kappa shape index (κ1) is 13.7. The molecule has 0 aromatic carbocycles. The fourth-order valence-electron chi connectivity index (χ4n) is 1.69. The van der Waals surface area contributed by atoms with E-state index >= 15 is 0 Å². The van der Waals surface area contributed by atoms with Crippen LogP contribution in [0.5, 0.6) is 0 Å². The van der Waals surface area contributed by atoms with Crippen molar-refractivity contribution in [1.82, 2.24) is 10.3 Å². The molecule has 0 aliphatic heterocycles. The van der Waals surface area contributed by atoms with Crippen LogP contribution in [0.2, 0.25) is 0 Å². The molecule has 1 heterocycles. The predicted molar refractivity (Wildman–Crippen MR) is 69.4 cm³/mol. The van der Waals surface area contributed by atoms with E-state index in [1.54, 1.807) is 6.20 Å². The number of unbranched alkanes of at least 4 members (excludes halogenated alkanes) is 2. The molecule has 3 heteroatoms. The highest BCUT2D eigenvalue weighted by molar-refractivity contribution is 5.78. The summed E-state index contributed by atoms with van der Waals surface area (Å²) in [4.78, 5) is 15.9. The van der Waals surface area contributed by atoms with Crippen molar-refractivity contribution in [3.05, 3.63) is 30.1 Å². The Balaban J connectivity index is 2.24. The van der Waals surface area contributed by atoms with Gasteiger partial charge in [-0.15, -0.1) is 0 Å². The summed E-state index contributed by atoms with van der Waals surface area (Å²) in [6.07, 6.45) is 6.25. The zero-order valence-corrected chi connectivity index (χ0v) is 10.8. The Morgan fingerprint density at radius 2 is 2.24 bits per heavy atom. The van der Waals surface area contributed by atoms with Crippen LogP contribution in [-0.2, 0) is 11.3 Å². The molecular formula is C14H22N2O. The normalized spacial score (nSPS) is 12.1. The minimum absolute atomic E-state index is 0.102. The lowest BCUT2D eigenvalue weighted by Crippen LogP contribution is -2.29. The summed E-state index contributed by atoms with van der Waals surface area (Å²) in [6.45, 7) is 4.69. The van der Waals surface area contributed by atoms with Gasteiger partial charge < -0.3 is 5.32 Å². The number of hydrogen-bond donors (Lipinski definition) is 1. The number of aromatic nitrogens is 1.